The minimum atomic E-state index is 0.415. The van der Waals surface area contributed by atoms with E-state index in [4.69, 9.17) is 4.74 Å². The number of hydrogen-bond donors (Lipinski definition) is 1. The van der Waals surface area contributed by atoms with E-state index < -0.39 is 0 Å². The highest BCUT2D eigenvalue weighted by Crippen LogP contribution is 2.25. The summed E-state index contributed by atoms with van der Waals surface area (Å²) in [5, 5.41) is 6.79. The van der Waals surface area contributed by atoms with Gasteiger partial charge in [0.05, 0.1) is 12.3 Å². The summed E-state index contributed by atoms with van der Waals surface area (Å²) < 4.78 is 6.00. The zero-order chi connectivity index (χ0) is 12.2. The Balaban J connectivity index is 1.67. The number of ether oxygens (including phenoxy) is 1. The van der Waals surface area contributed by atoms with Crippen molar-refractivity contribution in [2.75, 3.05) is 0 Å². The van der Waals surface area contributed by atoms with E-state index in [0.717, 1.165) is 11.3 Å². The third kappa shape index (κ3) is 2.55. The van der Waals surface area contributed by atoms with Crippen LogP contribution in [-0.2, 0) is 0 Å². The maximum atomic E-state index is 6.00. The van der Waals surface area contributed by atoms with Gasteiger partial charge in [0.2, 0.25) is 0 Å². The molecule has 3 heteroatoms. The number of hydrogen-bond acceptors (Lipinski definition) is 2. The SMILES string of the molecule is c1cc(-c2cn[nH]c2)ccc1OC1CCCCC1. The van der Waals surface area contributed by atoms with E-state index in [1.165, 1.54) is 37.7 Å². The van der Waals surface area contributed by atoms with Gasteiger partial charge in [0.1, 0.15) is 5.75 Å². The number of benzene rings is 1. The summed E-state index contributed by atoms with van der Waals surface area (Å²) in [7, 11) is 0. The third-order valence-corrected chi connectivity index (χ3v) is 3.54. The van der Waals surface area contributed by atoms with Crippen molar-refractivity contribution < 1.29 is 4.74 Å². The molecule has 0 atom stereocenters. The number of H-pyrrole nitrogens is 1. The van der Waals surface area contributed by atoms with Gasteiger partial charge in [-0.05, 0) is 43.4 Å². The molecule has 0 amide bonds. The molecule has 1 aliphatic carbocycles. The lowest BCUT2D eigenvalue weighted by atomic mass is 9.98. The van der Waals surface area contributed by atoms with E-state index in [0.29, 0.717) is 6.10 Å². The monoisotopic (exact) mass is 242 g/mol. The molecule has 1 saturated carbocycles. The van der Waals surface area contributed by atoms with Gasteiger partial charge in [0, 0.05) is 11.8 Å². The minimum Gasteiger partial charge on any atom is -0.490 e. The van der Waals surface area contributed by atoms with E-state index in [-0.39, 0.29) is 0 Å². The predicted molar refractivity (Wildman–Crippen MR) is 71.5 cm³/mol. The summed E-state index contributed by atoms with van der Waals surface area (Å²) in [6, 6.07) is 8.28. The molecule has 0 unspecified atom stereocenters. The average molecular weight is 242 g/mol. The summed E-state index contributed by atoms with van der Waals surface area (Å²) >= 11 is 0. The molecule has 0 spiro atoms. The van der Waals surface area contributed by atoms with E-state index in [1.54, 1.807) is 0 Å². The molecule has 1 fully saturated rings. The molecule has 1 N–H and O–H groups in total. The molecule has 18 heavy (non-hydrogen) atoms. The number of nitrogens with one attached hydrogen (secondary N) is 1. The van der Waals surface area contributed by atoms with E-state index in [9.17, 15) is 0 Å². The van der Waals surface area contributed by atoms with E-state index in [1.807, 2.05) is 12.4 Å². The zero-order valence-electron chi connectivity index (χ0n) is 10.4. The van der Waals surface area contributed by atoms with Crippen LogP contribution in [0.2, 0.25) is 0 Å². The smallest absolute Gasteiger partial charge is 0.119 e. The van der Waals surface area contributed by atoms with Gasteiger partial charge < -0.3 is 4.74 Å². The topological polar surface area (TPSA) is 37.9 Å². The van der Waals surface area contributed by atoms with Crippen molar-refractivity contribution in [1.29, 1.82) is 0 Å². The highest BCUT2D eigenvalue weighted by molar-refractivity contribution is 5.62. The number of rotatable bonds is 3. The standard InChI is InChI=1S/C15H18N2O/c1-2-4-14(5-3-1)18-15-8-6-12(7-9-15)13-10-16-17-11-13/h6-11,14H,1-5H2,(H,16,17). The highest BCUT2D eigenvalue weighted by atomic mass is 16.5. The van der Waals surface area contributed by atoms with Crippen LogP contribution < -0.4 is 4.74 Å². The second kappa shape index (κ2) is 5.25. The second-order valence-corrected chi connectivity index (χ2v) is 4.89. The Labute approximate surface area is 107 Å². The van der Waals surface area contributed by atoms with Gasteiger partial charge in [-0.3, -0.25) is 5.10 Å². The van der Waals surface area contributed by atoms with Crippen LogP contribution in [0.15, 0.2) is 36.7 Å². The molecule has 3 rings (SSSR count). The van der Waals surface area contributed by atoms with Crippen molar-refractivity contribution in [2.24, 2.45) is 0 Å². The molecular weight excluding hydrogens is 224 g/mol. The maximum Gasteiger partial charge on any atom is 0.119 e. The Kier molecular flexibility index (Phi) is 3.31. The maximum absolute atomic E-state index is 6.00. The van der Waals surface area contributed by atoms with Crippen molar-refractivity contribution in [3.05, 3.63) is 36.7 Å². The van der Waals surface area contributed by atoms with Gasteiger partial charge in [-0.1, -0.05) is 18.6 Å². The third-order valence-electron chi connectivity index (χ3n) is 3.54. The first-order chi connectivity index (χ1) is 8.92. The van der Waals surface area contributed by atoms with Crippen molar-refractivity contribution in [1.82, 2.24) is 10.2 Å². The molecule has 0 bridgehead atoms. The Morgan fingerprint density at radius 1 is 1.00 bits per heavy atom. The lowest BCUT2D eigenvalue weighted by Gasteiger charge is -2.23. The first kappa shape index (κ1) is 11.3. The van der Waals surface area contributed by atoms with Crippen LogP contribution in [0.5, 0.6) is 5.75 Å². The summed E-state index contributed by atoms with van der Waals surface area (Å²) in [6.07, 6.45) is 10.5. The molecule has 94 valence electrons. The van der Waals surface area contributed by atoms with Crippen LogP contribution in [0.1, 0.15) is 32.1 Å². The number of aromatic amines is 1. The molecule has 0 radical (unpaired) electrons. The summed E-state index contributed by atoms with van der Waals surface area (Å²) in [5.41, 5.74) is 2.28. The van der Waals surface area contributed by atoms with Crippen LogP contribution >= 0.6 is 0 Å². The average Bonchev–Trinajstić information content (AvgIpc) is 2.95. The predicted octanol–water partition coefficient (Wildman–Crippen LogP) is 3.79. The molecule has 1 aliphatic rings. The Morgan fingerprint density at radius 2 is 1.78 bits per heavy atom. The Morgan fingerprint density at radius 3 is 2.44 bits per heavy atom. The lowest BCUT2D eigenvalue weighted by molar-refractivity contribution is 0.155. The highest BCUT2D eigenvalue weighted by Gasteiger charge is 2.14. The fourth-order valence-electron chi connectivity index (χ4n) is 2.51. The van der Waals surface area contributed by atoms with Crippen LogP contribution in [0.3, 0.4) is 0 Å². The molecule has 1 aromatic heterocycles. The molecule has 0 aliphatic heterocycles. The summed E-state index contributed by atoms with van der Waals surface area (Å²) in [5.74, 6) is 0.981. The van der Waals surface area contributed by atoms with Gasteiger partial charge >= 0.3 is 0 Å². The van der Waals surface area contributed by atoms with Crippen molar-refractivity contribution in [3.63, 3.8) is 0 Å². The van der Waals surface area contributed by atoms with Crippen LogP contribution in [0.25, 0.3) is 11.1 Å². The first-order valence-electron chi connectivity index (χ1n) is 6.68. The fraction of sp³-hybridized carbons (Fsp3) is 0.400. The lowest BCUT2D eigenvalue weighted by Crippen LogP contribution is -2.19. The second-order valence-electron chi connectivity index (χ2n) is 4.89. The first-order valence-corrected chi connectivity index (χ1v) is 6.68. The van der Waals surface area contributed by atoms with E-state index >= 15 is 0 Å². The zero-order valence-corrected chi connectivity index (χ0v) is 10.4. The van der Waals surface area contributed by atoms with Gasteiger partial charge in [-0.15, -0.1) is 0 Å². The normalized spacial score (nSPS) is 16.7. The largest absolute Gasteiger partial charge is 0.490 e. The number of aromatic nitrogens is 2. The minimum absolute atomic E-state index is 0.415. The summed E-state index contributed by atoms with van der Waals surface area (Å²) in [6.45, 7) is 0. The van der Waals surface area contributed by atoms with E-state index in [2.05, 4.69) is 34.5 Å². The van der Waals surface area contributed by atoms with Gasteiger partial charge in [0.25, 0.3) is 0 Å². The molecule has 3 nitrogen and oxygen atoms in total. The molecule has 1 heterocycles. The number of nitrogens with zero attached hydrogens (tertiary/aromatic N) is 1. The van der Waals surface area contributed by atoms with Gasteiger partial charge in [-0.25, -0.2) is 0 Å². The summed E-state index contributed by atoms with van der Waals surface area (Å²) in [4.78, 5) is 0. The quantitative estimate of drug-likeness (QED) is 0.889. The fourth-order valence-corrected chi connectivity index (χ4v) is 2.51. The Bertz CT molecular complexity index is 470. The van der Waals surface area contributed by atoms with Crippen molar-refractivity contribution >= 4 is 0 Å². The van der Waals surface area contributed by atoms with Crippen molar-refractivity contribution in [3.8, 4) is 16.9 Å². The van der Waals surface area contributed by atoms with Crippen LogP contribution in [0.4, 0.5) is 0 Å². The molecule has 2 aromatic rings. The van der Waals surface area contributed by atoms with Crippen LogP contribution in [-0.4, -0.2) is 16.3 Å². The molecule has 1 aromatic carbocycles. The van der Waals surface area contributed by atoms with Crippen molar-refractivity contribution in [2.45, 2.75) is 38.2 Å². The Hall–Kier alpha value is -1.77. The molecular formula is C15H18N2O. The molecule has 0 saturated heterocycles. The van der Waals surface area contributed by atoms with Gasteiger partial charge in [-0.2, -0.15) is 5.10 Å². The van der Waals surface area contributed by atoms with Gasteiger partial charge in [0.15, 0.2) is 0 Å². The van der Waals surface area contributed by atoms with Crippen LogP contribution in [0, 0.1) is 0 Å².